The van der Waals surface area contributed by atoms with Gasteiger partial charge in [0, 0.05) is 31.3 Å². The average molecular weight is 392 g/mol. The van der Waals surface area contributed by atoms with Gasteiger partial charge < -0.3 is 10.2 Å². The Morgan fingerprint density at radius 1 is 1.00 bits per heavy atom. The molecule has 150 valence electrons. The molecule has 2 aromatic carbocycles. The number of nitrogens with one attached hydrogen (secondary N) is 1. The van der Waals surface area contributed by atoms with Crippen molar-refractivity contribution < 1.29 is 9.18 Å². The van der Waals surface area contributed by atoms with Crippen LogP contribution in [0, 0.1) is 5.82 Å². The van der Waals surface area contributed by atoms with Gasteiger partial charge in [0.15, 0.2) is 5.82 Å². The van der Waals surface area contributed by atoms with E-state index in [-0.39, 0.29) is 11.7 Å². The molecular formula is C23H25FN4O. The Balaban J connectivity index is 1.79. The molecule has 0 aliphatic heterocycles. The third-order valence-corrected chi connectivity index (χ3v) is 4.68. The Bertz CT molecular complexity index is 941. The molecule has 6 heteroatoms. The first kappa shape index (κ1) is 20.5. The van der Waals surface area contributed by atoms with Crippen molar-refractivity contribution in [2.45, 2.75) is 20.3 Å². The van der Waals surface area contributed by atoms with Gasteiger partial charge in [-0.1, -0.05) is 42.5 Å². The van der Waals surface area contributed by atoms with Crippen LogP contribution < -0.4 is 10.2 Å². The second-order valence-corrected chi connectivity index (χ2v) is 6.61. The monoisotopic (exact) mass is 392 g/mol. The summed E-state index contributed by atoms with van der Waals surface area (Å²) in [5.74, 6) is 0.738. The van der Waals surface area contributed by atoms with Crippen molar-refractivity contribution in [2.24, 2.45) is 0 Å². The van der Waals surface area contributed by atoms with E-state index >= 15 is 0 Å². The molecule has 0 aliphatic carbocycles. The van der Waals surface area contributed by atoms with Gasteiger partial charge in [0.25, 0.3) is 5.91 Å². The zero-order chi connectivity index (χ0) is 20.6. The molecule has 1 amide bonds. The van der Waals surface area contributed by atoms with Crippen LogP contribution in [0.3, 0.4) is 0 Å². The minimum Gasteiger partial charge on any atom is -0.357 e. The highest BCUT2D eigenvalue weighted by Gasteiger charge is 2.15. The van der Waals surface area contributed by atoms with E-state index < -0.39 is 0 Å². The number of aromatic nitrogens is 2. The summed E-state index contributed by atoms with van der Waals surface area (Å²) in [5, 5.41) is 2.90. The fourth-order valence-corrected chi connectivity index (χ4v) is 3.04. The predicted octanol–water partition coefficient (Wildman–Crippen LogP) is 4.10. The lowest BCUT2D eigenvalue weighted by atomic mass is 10.1. The zero-order valence-corrected chi connectivity index (χ0v) is 16.7. The highest BCUT2D eigenvalue weighted by atomic mass is 19.1. The van der Waals surface area contributed by atoms with Crippen LogP contribution in [0.15, 0.2) is 60.7 Å². The summed E-state index contributed by atoms with van der Waals surface area (Å²) < 4.78 is 13.0. The molecule has 0 aliphatic rings. The Morgan fingerprint density at radius 2 is 1.69 bits per heavy atom. The third kappa shape index (κ3) is 5.38. The van der Waals surface area contributed by atoms with Gasteiger partial charge in [-0.15, -0.1) is 0 Å². The molecule has 0 fully saturated rings. The summed E-state index contributed by atoms with van der Waals surface area (Å²) >= 11 is 0. The topological polar surface area (TPSA) is 58.1 Å². The van der Waals surface area contributed by atoms with Crippen molar-refractivity contribution in [1.29, 1.82) is 0 Å². The molecule has 5 nitrogen and oxygen atoms in total. The number of rotatable bonds is 8. The van der Waals surface area contributed by atoms with Crippen LogP contribution in [0.1, 0.15) is 29.9 Å². The van der Waals surface area contributed by atoms with Crippen molar-refractivity contribution in [3.8, 4) is 11.4 Å². The van der Waals surface area contributed by atoms with E-state index in [4.69, 9.17) is 0 Å². The lowest BCUT2D eigenvalue weighted by Crippen LogP contribution is -2.28. The number of nitrogens with zero attached hydrogens (tertiary/aromatic N) is 3. The van der Waals surface area contributed by atoms with E-state index in [0.717, 1.165) is 30.0 Å². The van der Waals surface area contributed by atoms with Crippen molar-refractivity contribution in [2.75, 3.05) is 24.5 Å². The quantitative estimate of drug-likeness (QED) is 0.627. The van der Waals surface area contributed by atoms with E-state index in [1.165, 1.54) is 12.1 Å². The molecule has 0 spiro atoms. The molecule has 1 heterocycles. The van der Waals surface area contributed by atoms with E-state index in [0.29, 0.717) is 24.5 Å². The largest absolute Gasteiger partial charge is 0.357 e. The summed E-state index contributed by atoms with van der Waals surface area (Å²) in [4.78, 5) is 24.0. The van der Waals surface area contributed by atoms with Gasteiger partial charge in [-0.25, -0.2) is 14.4 Å². The summed E-state index contributed by atoms with van der Waals surface area (Å²) in [6.45, 7) is 6.11. The molecule has 0 radical (unpaired) electrons. The molecule has 0 unspecified atom stereocenters. The number of hydrogen-bond acceptors (Lipinski definition) is 4. The lowest BCUT2D eigenvalue weighted by molar-refractivity contribution is 0.0949. The van der Waals surface area contributed by atoms with Gasteiger partial charge in [-0.05, 0) is 38.0 Å². The number of anilines is 1. The molecule has 0 saturated heterocycles. The fraction of sp³-hybridized carbons (Fsp3) is 0.261. The highest BCUT2D eigenvalue weighted by Crippen LogP contribution is 2.20. The molecule has 3 aromatic rings. The first-order chi connectivity index (χ1) is 14.1. The fourth-order valence-electron chi connectivity index (χ4n) is 3.04. The maximum Gasteiger partial charge on any atom is 0.270 e. The van der Waals surface area contributed by atoms with Crippen LogP contribution in [0.4, 0.5) is 10.2 Å². The summed E-state index contributed by atoms with van der Waals surface area (Å²) in [7, 11) is 0. The highest BCUT2D eigenvalue weighted by molar-refractivity contribution is 5.93. The lowest BCUT2D eigenvalue weighted by Gasteiger charge is -2.21. The minimum absolute atomic E-state index is 0.250. The molecule has 29 heavy (non-hydrogen) atoms. The van der Waals surface area contributed by atoms with Crippen molar-refractivity contribution in [3.63, 3.8) is 0 Å². The van der Waals surface area contributed by atoms with Gasteiger partial charge in [0.1, 0.15) is 17.3 Å². The second-order valence-electron chi connectivity index (χ2n) is 6.61. The molecular weight excluding hydrogens is 367 g/mol. The van der Waals surface area contributed by atoms with Crippen LogP contribution in [0.2, 0.25) is 0 Å². The average Bonchev–Trinajstić information content (AvgIpc) is 2.76. The van der Waals surface area contributed by atoms with Crippen LogP contribution in [-0.2, 0) is 6.42 Å². The van der Waals surface area contributed by atoms with Crippen molar-refractivity contribution in [3.05, 3.63) is 77.7 Å². The second kappa shape index (κ2) is 9.78. The Morgan fingerprint density at radius 3 is 2.34 bits per heavy atom. The first-order valence-electron chi connectivity index (χ1n) is 9.82. The molecule has 1 aromatic heterocycles. The first-order valence-corrected chi connectivity index (χ1v) is 9.82. The SMILES string of the molecule is CCN(CC)c1cc(C(=O)NCCc2ccc(F)cc2)nc(-c2ccccc2)n1. The Hall–Kier alpha value is -3.28. The van der Waals surface area contributed by atoms with E-state index in [1.54, 1.807) is 18.2 Å². The van der Waals surface area contributed by atoms with Crippen LogP contribution in [-0.4, -0.2) is 35.5 Å². The minimum atomic E-state index is -0.267. The van der Waals surface area contributed by atoms with Crippen LogP contribution in [0.5, 0.6) is 0 Å². The Kier molecular flexibility index (Phi) is 6.89. The number of carbonyl (C=O) groups excluding carboxylic acids is 1. The number of benzene rings is 2. The summed E-state index contributed by atoms with van der Waals surface area (Å²) in [6.07, 6.45) is 0.617. The maximum atomic E-state index is 13.0. The number of halogens is 1. The number of carbonyl (C=O) groups is 1. The van der Waals surface area contributed by atoms with E-state index in [1.807, 2.05) is 30.3 Å². The van der Waals surface area contributed by atoms with Crippen LogP contribution >= 0.6 is 0 Å². The van der Waals surface area contributed by atoms with Gasteiger partial charge in [-0.3, -0.25) is 4.79 Å². The van der Waals surface area contributed by atoms with Gasteiger partial charge in [0.05, 0.1) is 0 Å². The molecule has 0 bridgehead atoms. The smallest absolute Gasteiger partial charge is 0.270 e. The van der Waals surface area contributed by atoms with Crippen molar-refractivity contribution >= 4 is 11.7 Å². The summed E-state index contributed by atoms with van der Waals surface area (Å²) in [6, 6.07) is 17.6. The van der Waals surface area contributed by atoms with Crippen LogP contribution in [0.25, 0.3) is 11.4 Å². The van der Waals surface area contributed by atoms with Gasteiger partial charge >= 0.3 is 0 Å². The zero-order valence-electron chi connectivity index (χ0n) is 16.7. The number of amides is 1. The van der Waals surface area contributed by atoms with Crippen molar-refractivity contribution in [1.82, 2.24) is 15.3 Å². The molecule has 0 atom stereocenters. The van der Waals surface area contributed by atoms with E-state index in [9.17, 15) is 9.18 Å². The molecule has 0 saturated carbocycles. The van der Waals surface area contributed by atoms with E-state index in [2.05, 4.69) is 34.0 Å². The molecule has 3 rings (SSSR count). The summed E-state index contributed by atoms with van der Waals surface area (Å²) in [5.41, 5.74) is 2.16. The standard InChI is InChI=1S/C23H25FN4O/c1-3-28(4-2)21-16-20(26-22(27-21)18-8-6-5-7-9-18)23(29)25-15-14-17-10-12-19(24)13-11-17/h5-13,16H,3-4,14-15H2,1-2H3,(H,25,29). The normalized spacial score (nSPS) is 10.6. The van der Waals surface area contributed by atoms with Gasteiger partial charge in [0.2, 0.25) is 0 Å². The maximum absolute atomic E-state index is 13.0. The third-order valence-electron chi connectivity index (χ3n) is 4.68. The Labute approximate surface area is 170 Å². The molecule has 1 N–H and O–H groups in total. The number of hydrogen-bond donors (Lipinski definition) is 1. The van der Waals surface area contributed by atoms with Gasteiger partial charge in [-0.2, -0.15) is 0 Å². The predicted molar refractivity (Wildman–Crippen MR) is 113 cm³/mol.